The summed E-state index contributed by atoms with van der Waals surface area (Å²) < 4.78 is 1.46. The van der Waals surface area contributed by atoms with Crippen LogP contribution in [0, 0.1) is 5.92 Å². The van der Waals surface area contributed by atoms with E-state index in [0.29, 0.717) is 17.9 Å². The number of hydrogen-bond donors (Lipinski definition) is 1. The van der Waals surface area contributed by atoms with Crippen LogP contribution in [0.1, 0.15) is 39.2 Å². The number of nitrogens with one attached hydrogen (secondary N) is 1. The number of hydrogen-bond acceptors (Lipinski definition) is 2. The van der Waals surface area contributed by atoms with Crippen molar-refractivity contribution in [2.75, 3.05) is 6.54 Å². The van der Waals surface area contributed by atoms with Crippen LogP contribution in [0.25, 0.3) is 10.1 Å². The molecule has 1 aromatic carbocycles. The van der Waals surface area contributed by atoms with Crippen molar-refractivity contribution in [2.45, 2.75) is 39.7 Å². The van der Waals surface area contributed by atoms with Crippen molar-refractivity contribution in [3.8, 4) is 0 Å². The summed E-state index contributed by atoms with van der Waals surface area (Å²) in [5.74, 6) is 1.25. The van der Waals surface area contributed by atoms with Crippen molar-refractivity contribution in [3.05, 3.63) is 35.2 Å². The predicted octanol–water partition coefficient (Wildman–Crippen LogP) is 4.64. The molecule has 1 N–H and O–H groups in total. The monoisotopic (exact) mass is 261 g/mol. The van der Waals surface area contributed by atoms with E-state index in [1.54, 1.807) is 0 Å². The van der Waals surface area contributed by atoms with E-state index in [4.69, 9.17) is 0 Å². The van der Waals surface area contributed by atoms with Crippen molar-refractivity contribution in [1.29, 1.82) is 0 Å². The van der Waals surface area contributed by atoms with Crippen LogP contribution in [0.15, 0.2) is 29.6 Å². The van der Waals surface area contributed by atoms with E-state index in [1.807, 2.05) is 11.3 Å². The number of fused-ring (bicyclic) bond motifs is 1. The molecule has 0 spiro atoms. The molecular weight excluding hydrogens is 238 g/mol. The molecule has 2 unspecified atom stereocenters. The molecule has 2 rings (SSSR count). The summed E-state index contributed by atoms with van der Waals surface area (Å²) in [4.78, 5) is 0. The Morgan fingerprint density at radius 1 is 1.11 bits per heavy atom. The molecule has 2 atom stereocenters. The second kappa shape index (κ2) is 5.85. The molecule has 0 aliphatic rings. The number of benzene rings is 1. The Labute approximate surface area is 114 Å². The van der Waals surface area contributed by atoms with Gasteiger partial charge in [0.2, 0.25) is 0 Å². The molecule has 1 nitrogen and oxygen atoms in total. The Bertz CT molecular complexity index is 501. The van der Waals surface area contributed by atoms with E-state index in [9.17, 15) is 0 Å². The lowest BCUT2D eigenvalue weighted by atomic mass is 9.88. The normalized spacial score (nSPS) is 15.2. The third-order valence-electron chi connectivity index (χ3n) is 3.70. The van der Waals surface area contributed by atoms with Crippen molar-refractivity contribution in [3.63, 3.8) is 0 Å². The van der Waals surface area contributed by atoms with Gasteiger partial charge in [-0.25, -0.2) is 0 Å². The predicted molar refractivity (Wildman–Crippen MR) is 82.5 cm³/mol. The van der Waals surface area contributed by atoms with Gasteiger partial charge in [-0.2, -0.15) is 0 Å². The van der Waals surface area contributed by atoms with Gasteiger partial charge < -0.3 is 5.32 Å². The van der Waals surface area contributed by atoms with Crippen LogP contribution in [0.4, 0.5) is 0 Å². The molecule has 18 heavy (non-hydrogen) atoms. The highest BCUT2D eigenvalue weighted by atomic mass is 32.1. The van der Waals surface area contributed by atoms with Crippen molar-refractivity contribution in [1.82, 2.24) is 5.32 Å². The van der Waals surface area contributed by atoms with Gasteiger partial charge in [0, 0.05) is 10.7 Å². The van der Waals surface area contributed by atoms with Gasteiger partial charge in [0.05, 0.1) is 0 Å². The Balaban J connectivity index is 2.17. The van der Waals surface area contributed by atoms with E-state index in [1.165, 1.54) is 15.6 Å². The molecule has 0 radical (unpaired) electrons. The first-order valence-corrected chi connectivity index (χ1v) is 7.67. The number of rotatable bonds is 5. The quantitative estimate of drug-likeness (QED) is 0.827. The molecule has 0 amide bonds. The smallest absolute Gasteiger partial charge is 0.0377 e. The maximum absolute atomic E-state index is 3.54. The van der Waals surface area contributed by atoms with E-state index in [0.717, 1.165) is 6.54 Å². The van der Waals surface area contributed by atoms with Gasteiger partial charge in [-0.05, 0) is 40.8 Å². The van der Waals surface area contributed by atoms with E-state index < -0.39 is 0 Å². The number of thiophene rings is 1. The molecule has 1 aromatic heterocycles. The Hall–Kier alpha value is -0.860. The summed E-state index contributed by atoms with van der Waals surface area (Å²) >= 11 is 1.86. The largest absolute Gasteiger partial charge is 0.314 e. The highest BCUT2D eigenvalue weighted by Crippen LogP contribution is 2.33. The molecule has 0 fully saturated rings. The van der Waals surface area contributed by atoms with E-state index in [2.05, 4.69) is 62.7 Å². The molecule has 2 aromatic rings. The zero-order chi connectivity index (χ0) is 13.1. The summed E-state index contributed by atoms with van der Waals surface area (Å²) in [6.45, 7) is 10.2. The Morgan fingerprint density at radius 2 is 1.89 bits per heavy atom. The van der Waals surface area contributed by atoms with Crippen LogP contribution in [0.3, 0.4) is 0 Å². The van der Waals surface area contributed by atoms with Gasteiger partial charge in [-0.3, -0.25) is 0 Å². The minimum absolute atomic E-state index is 0.567. The summed E-state index contributed by atoms with van der Waals surface area (Å²) in [7, 11) is 0. The van der Waals surface area contributed by atoms with Gasteiger partial charge >= 0.3 is 0 Å². The Morgan fingerprint density at radius 3 is 2.61 bits per heavy atom. The lowest BCUT2D eigenvalue weighted by molar-refractivity contribution is 0.428. The van der Waals surface area contributed by atoms with Crippen molar-refractivity contribution >= 4 is 21.4 Å². The SMILES string of the molecule is CC(C)NCC(C)C(C)c1cccc2ccsc12. The summed E-state index contributed by atoms with van der Waals surface area (Å²) in [5.41, 5.74) is 1.50. The molecule has 0 bridgehead atoms. The molecule has 0 aliphatic heterocycles. The first-order chi connectivity index (χ1) is 8.59. The third kappa shape index (κ3) is 2.93. The fourth-order valence-electron chi connectivity index (χ4n) is 2.28. The molecule has 0 aliphatic carbocycles. The summed E-state index contributed by atoms with van der Waals surface area (Å²) in [6, 6.07) is 9.46. The molecule has 1 heterocycles. The van der Waals surface area contributed by atoms with Gasteiger partial charge in [-0.15, -0.1) is 11.3 Å². The average molecular weight is 261 g/mol. The Kier molecular flexibility index (Phi) is 4.41. The third-order valence-corrected chi connectivity index (χ3v) is 4.68. The molecule has 0 saturated carbocycles. The first kappa shape index (κ1) is 13.6. The summed E-state index contributed by atoms with van der Waals surface area (Å²) in [5, 5.41) is 7.12. The average Bonchev–Trinajstić information content (AvgIpc) is 2.82. The maximum atomic E-state index is 3.54. The molecular formula is C16H23NS. The van der Waals surface area contributed by atoms with Crippen molar-refractivity contribution < 1.29 is 0 Å². The standard InChI is InChI=1S/C16H23NS/c1-11(2)17-10-12(3)13(4)15-7-5-6-14-8-9-18-16(14)15/h5-9,11-13,17H,10H2,1-4H3. The van der Waals surface area contributed by atoms with Gasteiger partial charge in [0.1, 0.15) is 0 Å². The van der Waals surface area contributed by atoms with Crippen molar-refractivity contribution in [2.24, 2.45) is 5.92 Å². The van der Waals surface area contributed by atoms with Crippen LogP contribution >= 0.6 is 11.3 Å². The minimum Gasteiger partial charge on any atom is -0.314 e. The van der Waals surface area contributed by atoms with Gasteiger partial charge in [-0.1, -0.05) is 45.9 Å². The van der Waals surface area contributed by atoms with Gasteiger partial charge in [0.25, 0.3) is 0 Å². The minimum atomic E-state index is 0.567. The zero-order valence-electron chi connectivity index (χ0n) is 11.7. The van der Waals surface area contributed by atoms with E-state index in [-0.39, 0.29) is 0 Å². The van der Waals surface area contributed by atoms with Crippen LogP contribution < -0.4 is 5.32 Å². The van der Waals surface area contributed by atoms with Crippen LogP contribution in [-0.4, -0.2) is 12.6 Å². The highest BCUT2D eigenvalue weighted by Gasteiger charge is 2.17. The molecule has 2 heteroatoms. The van der Waals surface area contributed by atoms with Crippen LogP contribution in [0.5, 0.6) is 0 Å². The topological polar surface area (TPSA) is 12.0 Å². The fraction of sp³-hybridized carbons (Fsp3) is 0.500. The molecule has 98 valence electrons. The second-order valence-electron chi connectivity index (χ2n) is 5.52. The lowest BCUT2D eigenvalue weighted by Gasteiger charge is -2.22. The van der Waals surface area contributed by atoms with Gasteiger partial charge in [0.15, 0.2) is 0 Å². The first-order valence-electron chi connectivity index (χ1n) is 6.79. The van der Waals surface area contributed by atoms with Crippen LogP contribution in [-0.2, 0) is 0 Å². The van der Waals surface area contributed by atoms with Crippen LogP contribution in [0.2, 0.25) is 0 Å². The highest BCUT2D eigenvalue weighted by molar-refractivity contribution is 7.17. The fourth-order valence-corrected chi connectivity index (χ4v) is 3.29. The second-order valence-corrected chi connectivity index (χ2v) is 6.43. The maximum Gasteiger partial charge on any atom is 0.0377 e. The summed E-state index contributed by atoms with van der Waals surface area (Å²) in [6.07, 6.45) is 0. The lowest BCUT2D eigenvalue weighted by Crippen LogP contribution is -2.29. The van der Waals surface area contributed by atoms with E-state index >= 15 is 0 Å². The zero-order valence-corrected chi connectivity index (χ0v) is 12.6. The molecule has 0 saturated heterocycles.